The van der Waals surface area contributed by atoms with Gasteiger partial charge in [0.25, 0.3) is 0 Å². The summed E-state index contributed by atoms with van der Waals surface area (Å²) >= 11 is 0. The maximum absolute atomic E-state index is 12.7. The number of rotatable bonds is 9. The molecule has 2 aromatic carbocycles. The Kier molecular flexibility index (Phi) is 6.65. The SMILES string of the molecule is CCc1cccc(NC(=O)C(C(C)=N)C(=O)Nc2ccc(OCC3CC3)cc2)c1. The van der Waals surface area contributed by atoms with Gasteiger partial charge in [-0.3, -0.25) is 9.59 Å². The second-order valence-corrected chi connectivity index (χ2v) is 7.43. The molecule has 3 rings (SSSR count). The van der Waals surface area contributed by atoms with E-state index in [-0.39, 0.29) is 5.71 Å². The van der Waals surface area contributed by atoms with E-state index in [2.05, 4.69) is 10.6 Å². The summed E-state index contributed by atoms with van der Waals surface area (Å²) < 4.78 is 5.69. The minimum absolute atomic E-state index is 0.0176. The van der Waals surface area contributed by atoms with Gasteiger partial charge in [0, 0.05) is 17.1 Å². The fourth-order valence-corrected chi connectivity index (χ4v) is 2.94. The summed E-state index contributed by atoms with van der Waals surface area (Å²) in [6.07, 6.45) is 3.30. The van der Waals surface area contributed by atoms with Crippen molar-refractivity contribution in [1.29, 1.82) is 5.41 Å². The fourth-order valence-electron chi connectivity index (χ4n) is 2.94. The summed E-state index contributed by atoms with van der Waals surface area (Å²) in [4.78, 5) is 25.3. The van der Waals surface area contributed by atoms with Crippen molar-refractivity contribution in [1.82, 2.24) is 0 Å². The zero-order valence-corrected chi connectivity index (χ0v) is 16.8. The number of ether oxygens (including phenoxy) is 1. The van der Waals surface area contributed by atoms with Gasteiger partial charge in [0.1, 0.15) is 5.75 Å². The van der Waals surface area contributed by atoms with E-state index in [1.807, 2.05) is 25.1 Å². The first kappa shape index (κ1) is 20.6. The number of hydrogen-bond donors (Lipinski definition) is 3. The van der Waals surface area contributed by atoms with Crippen LogP contribution in [0.25, 0.3) is 0 Å². The standard InChI is InChI=1S/C23H27N3O3/c1-3-16-5-4-6-19(13-16)26-23(28)21(15(2)24)22(27)25-18-9-11-20(12-10-18)29-14-17-7-8-17/h4-6,9-13,17,21,24H,3,7-8,14H2,1-2H3,(H,25,27)(H,26,28). The van der Waals surface area contributed by atoms with Crippen LogP contribution in [0, 0.1) is 17.2 Å². The molecule has 1 fully saturated rings. The summed E-state index contributed by atoms with van der Waals surface area (Å²) in [6.45, 7) is 4.21. The number of benzene rings is 2. The molecule has 2 aromatic rings. The van der Waals surface area contributed by atoms with Gasteiger partial charge in [-0.1, -0.05) is 19.1 Å². The predicted octanol–water partition coefficient (Wildman–Crippen LogP) is 4.27. The Bertz CT molecular complexity index is 888. The number of carbonyl (C=O) groups is 2. The molecule has 1 saturated carbocycles. The van der Waals surface area contributed by atoms with Gasteiger partial charge in [-0.25, -0.2) is 0 Å². The Morgan fingerprint density at radius 3 is 2.31 bits per heavy atom. The Balaban J connectivity index is 1.62. The predicted molar refractivity (Wildman–Crippen MR) is 115 cm³/mol. The van der Waals surface area contributed by atoms with Gasteiger partial charge in [0.15, 0.2) is 5.92 Å². The Hall–Kier alpha value is -3.15. The van der Waals surface area contributed by atoms with Crippen LogP contribution in [-0.4, -0.2) is 24.1 Å². The number of carbonyl (C=O) groups excluding carboxylic acids is 2. The molecule has 3 N–H and O–H groups in total. The van der Waals surface area contributed by atoms with E-state index in [0.717, 1.165) is 24.3 Å². The van der Waals surface area contributed by atoms with Crippen LogP contribution in [-0.2, 0) is 16.0 Å². The summed E-state index contributed by atoms with van der Waals surface area (Å²) in [6, 6.07) is 14.5. The molecule has 29 heavy (non-hydrogen) atoms. The molecule has 0 bridgehead atoms. The Morgan fingerprint density at radius 2 is 1.72 bits per heavy atom. The molecule has 152 valence electrons. The number of hydrogen-bond acceptors (Lipinski definition) is 4. The second-order valence-electron chi connectivity index (χ2n) is 7.43. The zero-order chi connectivity index (χ0) is 20.8. The summed E-state index contributed by atoms with van der Waals surface area (Å²) in [5, 5.41) is 13.4. The normalized spacial score (nSPS) is 14.0. The lowest BCUT2D eigenvalue weighted by Crippen LogP contribution is -2.38. The lowest BCUT2D eigenvalue weighted by molar-refractivity contribution is -0.126. The van der Waals surface area contributed by atoms with Crippen molar-refractivity contribution in [3.63, 3.8) is 0 Å². The molecule has 0 spiro atoms. The fraction of sp³-hybridized carbons (Fsp3) is 0.348. The van der Waals surface area contributed by atoms with E-state index in [1.54, 1.807) is 30.3 Å². The molecule has 1 aliphatic carbocycles. The molecule has 0 aromatic heterocycles. The monoisotopic (exact) mass is 393 g/mol. The molecule has 0 heterocycles. The van der Waals surface area contributed by atoms with Gasteiger partial charge in [-0.2, -0.15) is 0 Å². The largest absolute Gasteiger partial charge is 0.493 e. The van der Waals surface area contributed by atoms with Gasteiger partial charge in [-0.05, 0) is 74.1 Å². The van der Waals surface area contributed by atoms with E-state index in [9.17, 15) is 9.59 Å². The second kappa shape index (κ2) is 9.37. The molecular formula is C23H27N3O3. The van der Waals surface area contributed by atoms with Gasteiger partial charge >= 0.3 is 0 Å². The van der Waals surface area contributed by atoms with Crippen LogP contribution in [0.4, 0.5) is 11.4 Å². The van der Waals surface area contributed by atoms with E-state index in [1.165, 1.54) is 19.8 Å². The van der Waals surface area contributed by atoms with Crippen LogP contribution in [0.15, 0.2) is 48.5 Å². The highest BCUT2D eigenvalue weighted by atomic mass is 16.5. The molecule has 2 amide bonds. The van der Waals surface area contributed by atoms with Crippen molar-refractivity contribution < 1.29 is 14.3 Å². The quantitative estimate of drug-likeness (QED) is 0.439. The molecular weight excluding hydrogens is 366 g/mol. The maximum atomic E-state index is 12.7. The lowest BCUT2D eigenvalue weighted by atomic mass is 10.0. The molecule has 6 heteroatoms. The average molecular weight is 393 g/mol. The average Bonchev–Trinajstić information content (AvgIpc) is 3.52. The third-order valence-electron chi connectivity index (χ3n) is 4.86. The van der Waals surface area contributed by atoms with Gasteiger partial charge in [0.2, 0.25) is 11.8 Å². The van der Waals surface area contributed by atoms with E-state index >= 15 is 0 Å². The highest BCUT2D eigenvalue weighted by Gasteiger charge is 2.29. The van der Waals surface area contributed by atoms with Crippen LogP contribution in [0.5, 0.6) is 5.75 Å². The van der Waals surface area contributed by atoms with Gasteiger partial charge in [0.05, 0.1) is 6.61 Å². The van der Waals surface area contributed by atoms with Crippen molar-refractivity contribution in [3.8, 4) is 5.75 Å². The third kappa shape index (κ3) is 5.91. The Morgan fingerprint density at radius 1 is 1.07 bits per heavy atom. The first-order chi connectivity index (χ1) is 14.0. The summed E-state index contributed by atoms with van der Waals surface area (Å²) in [5.41, 5.74) is 2.24. The van der Waals surface area contributed by atoms with E-state index in [4.69, 9.17) is 10.1 Å². The lowest BCUT2D eigenvalue weighted by Gasteiger charge is -2.16. The summed E-state index contributed by atoms with van der Waals surface area (Å²) in [5.74, 6) is -0.836. The van der Waals surface area contributed by atoms with Crippen molar-refractivity contribution in [2.45, 2.75) is 33.1 Å². The number of amides is 2. The Labute approximate surface area is 171 Å². The number of nitrogens with one attached hydrogen (secondary N) is 3. The molecule has 6 nitrogen and oxygen atoms in total. The number of anilines is 2. The van der Waals surface area contributed by atoms with Crippen LogP contribution in [0.2, 0.25) is 0 Å². The first-order valence-corrected chi connectivity index (χ1v) is 9.95. The highest BCUT2D eigenvalue weighted by Crippen LogP contribution is 2.29. The van der Waals surface area contributed by atoms with Crippen molar-refractivity contribution in [2.24, 2.45) is 11.8 Å². The number of aryl methyl sites for hydroxylation is 1. The minimum atomic E-state index is -1.20. The van der Waals surface area contributed by atoms with Gasteiger partial charge < -0.3 is 20.8 Å². The maximum Gasteiger partial charge on any atom is 0.242 e. The first-order valence-electron chi connectivity index (χ1n) is 9.95. The van der Waals surface area contributed by atoms with Crippen LogP contribution < -0.4 is 15.4 Å². The summed E-state index contributed by atoms with van der Waals surface area (Å²) in [7, 11) is 0. The van der Waals surface area contributed by atoms with Crippen LogP contribution in [0.3, 0.4) is 0 Å². The van der Waals surface area contributed by atoms with Crippen LogP contribution >= 0.6 is 0 Å². The molecule has 0 radical (unpaired) electrons. The van der Waals surface area contributed by atoms with E-state index < -0.39 is 17.7 Å². The smallest absolute Gasteiger partial charge is 0.242 e. The van der Waals surface area contributed by atoms with Gasteiger partial charge in [-0.15, -0.1) is 0 Å². The zero-order valence-electron chi connectivity index (χ0n) is 16.8. The molecule has 1 aliphatic rings. The molecule has 0 aliphatic heterocycles. The van der Waals surface area contributed by atoms with Crippen molar-refractivity contribution in [2.75, 3.05) is 17.2 Å². The van der Waals surface area contributed by atoms with Crippen molar-refractivity contribution in [3.05, 3.63) is 54.1 Å². The minimum Gasteiger partial charge on any atom is -0.493 e. The third-order valence-corrected chi connectivity index (χ3v) is 4.86. The van der Waals surface area contributed by atoms with E-state index in [0.29, 0.717) is 17.3 Å². The highest BCUT2D eigenvalue weighted by molar-refractivity contribution is 6.24. The van der Waals surface area contributed by atoms with Crippen molar-refractivity contribution >= 4 is 28.9 Å². The molecule has 1 unspecified atom stereocenters. The topological polar surface area (TPSA) is 91.3 Å². The van der Waals surface area contributed by atoms with Crippen LogP contribution in [0.1, 0.15) is 32.3 Å². The molecule has 1 atom stereocenters. The molecule has 0 saturated heterocycles.